The number of amides is 2. The number of carbonyl (C=O) groups excluding carboxylic acids is 2. The molecule has 182 valence electrons. The molecule has 35 heavy (non-hydrogen) atoms. The predicted octanol–water partition coefficient (Wildman–Crippen LogP) is 4.34. The normalized spacial score (nSPS) is 14.1. The second-order valence-electron chi connectivity index (χ2n) is 8.60. The smallest absolute Gasteiger partial charge is 0.287 e. The summed E-state index contributed by atoms with van der Waals surface area (Å²) in [6.45, 7) is 2.96. The van der Waals surface area contributed by atoms with E-state index in [0.29, 0.717) is 25.3 Å². The van der Waals surface area contributed by atoms with E-state index in [-0.39, 0.29) is 11.8 Å². The summed E-state index contributed by atoms with van der Waals surface area (Å²) in [5, 5.41) is 7.40. The summed E-state index contributed by atoms with van der Waals surface area (Å²) in [6.07, 6.45) is 3.00. The van der Waals surface area contributed by atoms with Crippen LogP contribution in [-0.4, -0.2) is 37.8 Å². The molecule has 2 aromatic carbocycles. The van der Waals surface area contributed by atoms with Crippen LogP contribution in [0.15, 0.2) is 70.2 Å². The SMILES string of the molecule is COCCCNC(=O)c1oc2c(c1C)/C(=N/NC(=O)C(c1ccccc1)c1ccccc1)CCC2. The molecular formula is C28H31N3O4. The minimum atomic E-state index is -0.483. The molecule has 7 nitrogen and oxygen atoms in total. The van der Waals surface area contributed by atoms with Crippen LogP contribution >= 0.6 is 0 Å². The van der Waals surface area contributed by atoms with Gasteiger partial charge in [0.05, 0.1) is 11.6 Å². The zero-order valence-electron chi connectivity index (χ0n) is 20.2. The van der Waals surface area contributed by atoms with Crippen molar-refractivity contribution < 1.29 is 18.7 Å². The maximum atomic E-state index is 13.4. The van der Waals surface area contributed by atoms with Crippen molar-refractivity contribution in [3.05, 3.63) is 94.4 Å². The summed E-state index contributed by atoms with van der Waals surface area (Å²) in [7, 11) is 1.63. The number of nitrogens with one attached hydrogen (secondary N) is 2. The first kappa shape index (κ1) is 24.4. The number of nitrogens with zero attached hydrogens (tertiary/aromatic N) is 1. The number of hydrogen-bond acceptors (Lipinski definition) is 5. The van der Waals surface area contributed by atoms with Gasteiger partial charge in [-0.25, -0.2) is 5.43 Å². The summed E-state index contributed by atoms with van der Waals surface area (Å²) in [5.41, 5.74) is 6.90. The maximum Gasteiger partial charge on any atom is 0.287 e. The Morgan fingerprint density at radius 1 is 1.03 bits per heavy atom. The van der Waals surface area contributed by atoms with Crippen molar-refractivity contribution in [2.24, 2.45) is 5.10 Å². The molecule has 1 heterocycles. The first-order chi connectivity index (χ1) is 17.1. The Labute approximate surface area is 205 Å². The van der Waals surface area contributed by atoms with E-state index in [1.165, 1.54) is 0 Å². The van der Waals surface area contributed by atoms with Gasteiger partial charge in [0.2, 0.25) is 0 Å². The largest absolute Gasteiger partial charge is 0.455 e. The molecule has 0 unspecified atom stereocenters. The summed E-state index contributed by atoms with van der Waals surface area (Å²) in [5.74, 6) is 0.110. The molecule has 1 aliphatic rings. The van der Waals surface area contributed by atoms with Crippen LogP contribution in [0, 0.1) is 6.92 Å². The summed E-state index contributed by atoms with van der Waals surface area (Å²) < 4.78 is 11.0. The van der Waals surface area contributed by atoms with Crippen molar-refractivity contribution >= 4 is 17.5 Å². The van der Waals surface area contributed by atoms with Gasteiger partial charge in [-0.3, -0.25) is 9.59 Å². The fourth-order valence-corrected chi connectivity index (χ4v) is 4.47. The molecule has 1 aliphatic carbocycles. The van der Waals surface area contributed by atoms with Gasteiger partial charge in [-0.05, 0) is 37.3 Å². The van der Waals surface area contributed by atoms with E-state index in [1.807, 2.05) is 67.6 Å². The minimum absolute atomic E-state index is 0.209. The molecule has 1 aromatic heterocycles. The molecule has 3 aromatic rings. The van der Waals surface area contributed by atoms with Gasteiger partial charge in [-0.15, -0.1) is 0 Å². The molecule has 2 N–H and O–H groups in total. The zero-order chi connectivity index (χ0) is 24.6. The van der Waals surface area contributed by atoms with Crippen molar-refractivity contribution in [2.45, 2.75) is 38.5 Å². The molecule has 0 bridgehead atoms. The Bertz CT molecular complexity index is 1150. The maximum absolute atomic E-state index is 13.4. The van der Waals surface area contributed by atoms with Crippen LogP contribution in [-0.2, 0) is 16.0 Å². The Morgan fingerprint density at radius 2 is 1.69 bits per heavy atom. The number of fused-ring (bicyclic) bond motifs is 1. The van der Waals surface area contributed by atoms with Crippen LogP contribution < -0.4 is 10.7 Å². The van der Waals surface area contributed by atoms with Crippen LogP contribution in [0.3, 0.4) is 0 Å². The molecule has 0 fully saturated rings. The molecule has 0 radical (unpaired) electrons. The molecule has 0 spiro atoms. The standard InChI is InChI=1S/C28H31N3O4/c1-19-24-22(15-9-16-23(24)35-26(19)28(33)29-17-10-18-34-2)30-31-27(32)25(20-11-5-3-6-12-20)21-13-7-4-8-14-21/h3-8,11-14,25H,9-10,15-18H2,1-2H3,(H,29,33)(H,31,32)/b30-22+. The fraction of sp³-hybridized carbons (Fsp3) is 0.321. The van der Waals surface area contributed by atoms with Crippen LogP contribution in [0.1, 0.15) is 63.7 Å². The first-order valence-electron chi connectivity index (χ1n) is 12.0. The van der Waals surface area contributed by atoms with E-state index in [2.05, 4.69) is 15.8 Å². The molecule has 4 rings (SSSR count). The monoisotopic (exact) mass is 473 g/mol. The molecule has 0 atom stereocenters. The van der Waals surface area contributed by atoms with Gasteiger partial charge in [0.25, 0.3) is 11.8 Å². The molecular weight excluding hydrogens is 442 g/mol. The van der Waals surface area contributed by atoms with E-state index >= 15 is 0 Å². The molecule has 7 heteroatoms. The molecule has 0 aliphatic heterocycles. The second kappa shape index (κ2) is 11.6. The first-order valence-corrected chi connectivity index (χ1v) is 12.0. The highest BCUT2D eigenvalue weighted by Crippen LogP contribution is 2.30. The van der Waals surface area contributed by atoms with Crippen LogP contribution in [0.25, 0.3) is 0 Å². The Morgan fingerprint density at radius 3 is 2.31 bits per heavy atom. The van der Waals surface area contributed by atoms with Gasteiger partial charge >= 0.3 is 0 Å². The van der Waals surface area contributed by atoms with Crippen molar-refractivity contribution in [3.8, 4) is 0 Å². The topological polar surface area (TPSA) is 92.9 Å². The third-order valence-corrected chi connectivity index (χ3v) is 6.17. The van der Waals surface area contributed by atoms with Gasteiger partial charge in [0, 0.05) is 37.8 Å². The van der Waals surface area contributed by atoms with E-state index in [0.717, 1.165) is 53.0 Å². The van der Waals surface area contributed by atoms with Crippen LogP contribution in [0.4, 0.5) is 0 Å². The van der Waals surface area contributed by atoms with Gasteiger partial charge in [-0.1, -0.05) is 60.7 Å². The molecule has 2 amide bonds. The lowest BCUT2D eigenvalue weighted by molar-refractivity contribution is -0.121. The van der Waals surface area contributed by atoms with Gasteiger partial charge < -0.3 is 14.5 Å². The van der Waals surface area contributed by atoms with Crippen LogP contribution in [0.2, 0.25) is 0 Å². The minimum Gasteiger partial charge on any atom is -0.455 e. The lowest BCUT2D eigenvalue weighted by Crippen LogP contribution is -2.28. The van der Waals surface area contributed by atoms with E-state index in [9.17, 15) is 9.59 Å². The Kier molecular flexibility index (Phi) is 8.11. The number of aryl methyl sites for hydroxylation is 1. The molecule has 0 saturated heterocycles. The summed E-state index contributed by atoms with van der Waals surface area (Å²) in [6, 6.07) is 19.3. The summed E-state index contributed by atoms with van der Waals surface area (Å²) >= 11 is 0. The number of hydrazone groups is 1. The van der Waals surface area contributed by atoms with Crippen LogP contribution in [0.5, 0.6) is 0 Å². The van der Waals surface area contributed by atoms with E-state index in [1.54, 1.807) is 7.11 Å². The van der Waals surface area contributed by atoms with Crippen molar-refractivity contribution in [3.63, 3.8) is 0 Å². The quantitative estimate of drug-likeness (QED) is 0.357. The Balaban J connectivity index is 1.55. The van der Waals surface area contributed by atoms with Gasteiger partial charge in [0.15, 0.2) is 5.76 Å². The number of carbonyl (C=O) groups is 2. The lowest BCUT2D eigenvalue weighted by atomic mass is 9.90. The third kappa shape index (κ3) is 5.69. The highest BCUT2D eigenvalue weighted by atomic mass is 16.5. The fourth-order valence-electron chi connectivity index (χ4n) is 4.47. The third-order valence-electron chi connectivity index (χ3n) is 6.17. The predicted molar refractivity (Wildman–Crippen MR) is 135 cm³/mol. The highest BCUT2D eigenvalue weighted by molar-refractivity contribution is 6.06. The second-order valence-corrected chi connectivity index (χ2v) is 8.60. The average molecular weight is 474 g/mol. The average Bonchev–Trinajstić information content (AvgIpc) is 3.24. The number of ether oxygens (including phenoxy) is 1. The summed E-state index contributed by atoms with van der Waals surface area (Å²) in [4.78, 5) is 26.0. The number of methoxy groups -OCH3 is 1. The lowest BCUT2D eigenvalue weighted by Gasteiger charge is -2.18. The van der Waals surface area contributed by atoms with Crippen molar-refractivity contribution in [1.82, 2.24) is 10.7 Å². The molecule has 0 saturated carbocycles. The van der Waals surface area contributed by atoms with Crippen molar-refractivity contribution in [1.29, 1.82) is 0 Å². The number of rotatable bonds is 9. The van der Waals surface area contributed by atoms with Gasteiger partial charge in [0.1, 0.15) is 5.76 Å². The van der Waals surface area contributed by atoms with E-state index in [4.69, 9.17) is 9.15 Å². The van der Waals surface area contributed by atoms with Gasteiger partial charge in [-0.2, -0.15) is 5.10 Å². The zero-order valence-corrected chi connectivity index (χ0v) is 20.2. The number of benzene rings is 2. The highest BCUT2D eigenvalue weighted by Gasteiger charge is 2.29. The van der Waals surface area contributed by atoms with E-state index < -0.39 is 5.92 Å². The number of hydrogen-bond donors (Lipinski definition) is 2. The Hall–Kier alpha value is -3.71. The number of furan rings is 1. The van der Waals surface area contributed by atoms with Crippen molar-refractivity contribution in [2.75, 3.05) is 20.3 Å².